The van der Waals surface area contributed by atoms with Crippen molar-refractivity contribution in [2.24, 2.45) is 16.6 Å². The maximum Gasteiger partial charge on any atom is 0.243 e. The zero-order chi connectivity index (χ0) is 27.3. The predicted molar refractivity (Wildman–Crippen MR) is 138 cm³/mol. The minimum Gasteiger partial charge on any atom is -0.497 e. The summed E-state index contributed by atoms with van der Waals surface area (Å²) in [5, 5.41) is 5.72. The third-order valence-electron chi connectivity index (χ3n) is 5.92. The molecular weight excluding hydrogens is 460 g/mol. The zero-order valence-electron chi connectivity index (χ0n) is 22.6. The third-order valence-corrected chi connectivity index (χ3v) is 5.92. The molecule has 1 fully saturated rings. The van der Waals surface area contributed by atoms with Crippen LogP contribution in [-0.4, -0.2) is 60.3 Å². The second-order valence-corrected chi connectivity index (χ2v) is 12.1. The summed E-state index contributed by atoms with van der Waals surface area (Å²) >= 11 is 0. The van der Waals surface area contributed by atoms with Gasteiger partial charge in [-0.3, -0.25) is 19.2 Å². The van der Waals surface area contributed by atoms with Crippen molar-refractivity contribution in [3.63, 3.8) is 0 Å². The molecule has 3 atom stereocenters. The lowest BCUT2D eigenvalue weighted by molar-refractivity contribution is -0.140. The number of nitrogens with two attached hydrogens (primary N) is 1. The van der Waals surface area contributed by atoms with Gasteiger partial charge in [-0.2, -0.15) is 0 Å². The van der Waals surface area contributed by atoms with Crippen molar-refractivity contribution < 1.29 is 23.9 Å². The molecule has 4 N–H and O–H groups in total. The number of rotatable bonds is 9. The fourth-order valence-corrected chi connectivity index (χ4v) is 4.27. The molecule has 1 aromatic rings. The van der Waals surface area contributed by atoms with Gasteiger partial charge in [-0.25, -0.2) is 0 Å². The smallest absolute Gasteiger partial charge is 0.243 e. The average molecular weight is 503 g/mol. The minimum absolute atomic E-state index is 0.119. The first kappa shape index (κ1) is 29.1. The number of ether oxygens (including phenoxy) is 1. The molecule has 0 bridgehead atoms. The minimum atomic E-state index is -0.944. The highest BCUT2D eigenvalue weighted by molar-refractivity contribution is 5.92. The van der Waals surface area contributed by atoms with Crippen molar-refractivity contribution in [1.29, 1.82) is 0 Å². The maximum absolute atomic E-state index is 13.3. The Bertz CT molecular complexity index is 946. The summed E-state index contributed by atoms with van der Waals surface area (Å²) in [6, 6.07) is 5.03. The van der Waals surface area contributed by atoms with Gasteiger partial charge in [0.25, 0.3) is 0 Å². The van der Waals surface area contributed by atoms with Crippen LogP contribution in [0.3, 0.4) is 0 Å². The van der Waals surface area contributed by atoms with Crippen LogP contribution in [0.15, 0.2) is 24.3 Å². The third kappa shape index (κ3) is 9.17. The van der Waals surface area contributed by atoms with Crippen molar-refractivity contribution in [1.82, 2.24) is 15.5 Å². The van der Waals surface area contributed by atoms with Crippen LogP contribution < -0.4 is 21.1 Å². The molecule has 9 heteroatoms. The summed E-state index contributed by atoms with van der Waals surface area (Å²) in [5.74, 6) is -0.730. The Labute approximate surface area is 214 Å². The van der Waals surface area contributed by atoms with Crippen LogP contribution in [0.25, 0.3) is 0 Å². The first-order valence-electron chi connectivity index (χ1n) is 12.4. The largest absolute Gasteiger partial charge is 0.497 e. The summed E-state index contributed by atoms with van der Waals surface area (Å²) < 4.78 is 5.16. The Morgan fingerprint density at radius 3 is 2.11 bits per heavy atom. The first-order valence-corrected chi connectivity index (χ1v) is 12.4. The quantitative estimate of drug-likeness (QED) is 0.476. The molecule has 36 heavy (non-hydrogen) atoms. The van der Waals surface area contributed by atoms with E-state index < -0.39 is 23.9 Å². The molecule has 1 aliphatic heterocycles. The van der Waals surface area contributed by atoms with E-state index in [1.54, 1.807) is 31.4 Å². The van der Waals surface area contributed by atoms with Crippen molar-refractivity contribution >= 4 is 23.6 Å². The topological polar surface area (TPSA) is 131 Å². The van der Waals surface area contributed by atoms with Crippen LogP contribution in [-0.2, 0) is 25.6 Å². The lowest BCUT2D eigenvalue weighted by Gasteiger charge is -2.28. The van der Waals surface area contributed by atoms with Gasteiger partial charge < -0.3 is 26.0 Å². The van der Waals surface area contributed by atoms with Crippen LogP contribution in [0.4, 0.5) is 0 Å². The van der Waals surface area contributed by atoms with E-state index in [2.05, 4.69) is 10.6 Å². The van der Waals surface area contributed by atoms with Crippen molar-refractivity contribution in [2.45, 2.75) is 85.4 Å². The Kier molecular flexibility index (Phi) is 9.51. The number of methoxy groups -OCH3 is 1. The van der Waals surface area contributed by atoms with E-state index in [1.807, 2.05) is 41.5 Å². The molecule has 0 radical (unpaired) electrons. The monoisotopic (exact) mass is 502 g/mol. The number of hydrogen-bond donors (Lipinski definition) is 3. The van der Waals surface area contributed by atoms with Crippen molar-refractivity contribution in [2.75, 3.05) is 13.7 Å². The first-order chi connectivity index (χ1) is 16.6. The lowest BCUT2D eigenvalue weighted by atomic mass is 9.91. The van der Waals surface area contributed by atoms with Crippen LogP contribution in [0, 0.1) is 10.8 Å². The average Bonchev–Trinajstić information content (AvgIpc) is 3.15. The highest BCUT2D eigenvalue weighted by atomic mass is 16.5. The molecular formula is C27H42N4O5. The van der Waals surface area contributed by atoms with Crippen LogP contribution in [0.2, 0.25) is 0 Å². The number of nitrogens with one attached hydrogen (secondary N) is 2. The number of nitrogens with zero attached hydrogens (tertiary/aromatic N) is 1. The number of carbonyl (C=O) groups excluding carboxylic acids is 4. The number of amides is 4. The molecule has 0 spiro atoms. The predicted octanol–water partition coefficient (Wildman–Crippen LogP) is 2.17. The van der Waals surface area contributed by atoms with Gasteiger partial charge in [0, 0.05) is 31.8 Å². The normalized spacial score (nSPS) is 18.9. The molecule has 2 rings (SSSR count). The number of hydrogen-bond acceptors (Lipinski definition) is 5. The Morgan fingerprint density at radius 1 is 1.03 bits per heavy atom. The van der Waals surface area contributed by atoms with Gasteiger partial charge in [-0.05, 0) is 34.9 Å². The summed E-state index contributed by atoms with van der Waals surface area (Å²) in [5.41, 5.74) is 5.96. The molecule has 0 aliphatic carbocycles. The standard InChI is InChI=1S/C27H42N4O5/c1-26(2,3)14-22(32)29-18-13-21(31(16-18)23(33)15-27(4,5)6)25(35)30-20(24(28)34)12-17-8-10-19(36-7)11-9-17/h8-11,18,20-21H,12-16H2,1-7H3,(H2,28,34)(H,29,32)(H,30,35). The van der Waals surface area contributed by atoms with Crippen LogP contribution in [0.1, 0.15) is 66.4 Å². The van der Waals surface area contributed by atoms with E-state index in [4.69, 9.17) is 10.5 Å². The number of benzene rings is 1. The summed E-state index contributed by atoms with van der Waals surface area (Å²) in [6.45, 7) is 12.0. The summed E-state index contributed by atoms with van der Waals surface area (Å²) in [6.07, 6.45) is 1.07. The SMILES string of the molecule is COc1ccc(CC(NC(=O)C2CC(NC(=O)CC(C)(C)C)CN2C(=O)CC(C)(C)C)C(N)=O)cc1. The molecule has 0 aromatic heterocycles. The fourth-order valence-electron chi connectivity index (χ4n) is 4.27. The van der Waals surface area contributed by atoms with E-state index in [-0.39, 0.29) is 54.5 Å². The maximum atomic E-state index is 13.3. The lowest BCUT2D eigenvalue weighted by Crippen LogP contribution is -2.53. The molecule has 9 nitrogen and oxygen atoms in total. The van der Waals surface area contributed by atoms with Gasteiger partial charge in [-0.15, -0.1) is 0 Å². The molecule has 1 saturated heterocycles. The summed E-state index contributed by atoms with van der Waals surface area (Å²) in [7, 11) is 1.56. The van der Waals surface area contributed by atoms with Gasteiger partial charge in [0.2, 0.25) is 23.6 Å². The second kappa shape index (κ2) is 11.8. The Hall–Kier alpha value is -3.10. The van der Waals surface area contributed by atoms with Gasteiger partial charge >= 0.3 is 0 Å². The highest BCUT2D eigenvalue weighted by Gasteiger charge is 2.41. The highest BCUT2D eigenvalue weighted by Crippen LogP contribution is 2.26. The van der Waals surface area contributed by atoms with Crippen molar-refractivity contribution in [3.05, 3.63) is 29.8 Å². The molecule has 1 aliphatic rings. The van der Waals surface area contributed by atoms with Crippen LogP contribution in [0.5, 0.6) is 5.75 Å². The number of likely N-dealkylation sites (tertiary alicyclic amines) is 1. The number of primary amides is 1. The van der Waals surface area contributed by atoms with Crippen molar-refractivity contribution in [3.8, 4) is 5.75 Å². The van der Waals surface area contributed by atoms with Gasteiger partial charge in [-0.1, -0.05) is 53.7 Å². The Morgan fingerprint density at radius 2 is 1.61 bits per heavy atom. The van der Waals surface area contributed by atoms with Gasteiger partial charge in [0.05, 0.1) is 7.11 Å². The molecule has 1 aromatic carbocycles. The van der Waals surface area contributed by atoms with Crippen LogP contribution >= 0.6 is 0 Å². The van der Waals surface area contributed by atoms with E-state index in [9.17, 15) is 19.2 Å². The fraction of sp³-hybridized carbons (Fsp3) is 0.630. The molecule has 200 valence electrons. The molecule has 4 amide bonds. The zero-order valence-corrected chi connectivity index (χ0v) is 22.6. The van der Waals surface area contributed by atoms with Gasteiger partial charge in [0.1, 0.15) is 17.8 Å². The summed E-state index contributed by atoms with van der Waals surface area (Å²) in [4.78, 5) is 52.7. The van der Waals surface area contributed by atoms with E-state index in [0.29, 0.717) is 12.2 Å². The second-order valence-electron chi connectivity index (χ2n) is 12.1. The number of carbonyl (C=O) groups is 4. The van der Waals surface area contributed by atoms with E-state index in [0.717, 1.165) is 5.56 Å². The molecule has 3 unspecified atom stereocenters. The van der Waals surface area contributed by atoms with E-state index >= 15 is 0 Å². The van der Waals surface area contributed by atoms with Gasteiger partial charge in [0.15, 0.2) is 0 Å². The Balaban J connectivity index is 2.17. The molecule has 0 saturated carbocycles. The van der Waals surface area contributed by atoms with E-state index in [1.165, 1.54) is 4.90 Å². The molecule has 1 heterocycles.